The molecule has 0 heterocycles. The summed E-state index contributed by atoms with van der Waals surface area (Å²) in [4.78, 5) is 20.3. The van der Waals surface area contributed by atoms with Gasteiger partial charge in [0, 0.05) is 11.1 Å². The number of hydrogen-bond acceptors (Lipinski definition) is 4. The average molecular weight is 279 g/mol. The Morgan fingerprint density at radius 2 is 1.68 bits per heavy atom. The summed E-state index contributed by atoms with van der Waals surface area (Å²) in [6.45, 7) is 0. The second-order valence-corrected chi connectivity index (χ2v) is 4.16. The number of non-ortho nitro benzene ring substituents is 1. The Morgan fingerprint density at radius 1 is 0.947 bits per heavy atom. The van der Waals surface area contributed by atoms with E-state index in [1.54, 1.807) is 24.3 Å². The Morgan fingerprint density at radius 3 is 2.26 bits per heavy atom. The smallest absolute Gasteiger partial charge is 0.258 e. The van der Waals surface area contributed by atoms with Gasteiger partial charge in [0.05, 0.1) is 21.5 Å². The van der Waals surface area contributed by atoms with Gasteiger partial charge in [-0.25, -0.2) is 0 Å². The fraction of sp³-hybridized carbons (Fsp3) is 0. The molecule has 2 rings (SSSR count). The Balaban J connectivity index is 2.63. The van der Waals surface area contributed by atoms with E-state index in [-0.39, 0.29) is 16.9 Å². The first-order valence-corrected chi connectivity index (χ1v) is 5.55. The fourth-order valence-corrected chi connectivity index (χ4v) is 1.88. The van der Waals surface area contributed by atoms with Crippen molar-refractivity contribution in [3.8, 4) is 11.1 Å². The van der Waals surface area contributed by atoms with Gasteiger partial charge < -0.3 is 0 Å². The number of nitro benzene ring substituents is 2. The third-order valence-electron chi connectivity index (χ3n) is 2.52. The van der Waals surface area contributed by atoms with Crippen LogP contribution in [0, 0.1) is 20.2 Å². The normalized spacial score (nSPS) is 10.2. The molecule has 0 saturated carbocycles. The molecule has 0 aliphatic carbocycles. The minimum absolute atomic E-state index is 0.290. The molecule has 0 unspecified atom stereocenters. The quantitative estimate of drug-likeness (QED) is 0.631. The van der Waals surface area contributed by atoms with Crippen molar-refractivity contribution >= 4 is 23.0 Å². The predicted octanol–water partition coefficient (Wildman–Crippen LogP) is 3.82. The summed E-state index contributed by atoms with van der Waals surface area (Å²) in [6.07, 6.45) is 0. The molecule has 0 fully saturated rings. The van der Waals surface area contributed by atoms with Crippen molar-refractivity contribution in [2.24, 2.45) is 0 Å². The van der Waals surface area contributed by atoms with E-state index >= 15 is 0 Å². The summed E-state index contributed by atoms with van der Waals surface area (Å²) in [5.74, 6) is 0. The number of rotatable bonds is 3. The van der Waals surface area contributed by atoms with Crippen molar-refractivity contribution in [1.29, 1.82) is 0 Å². The van der Waals surface area contributed by atoms with E-state index in [2.05, 4.69) is 0 Å². The lowest BCUT2D eigenvalue weighted by Crippen LogP contribution is -1.95. The summed E-state index contributed by atoms with van der Waals surface area (Å²) in [6, 6.07) is 10.0. The number of nitrogens with zero attached hydrogens (tertiary/aromatic N) is 2. The van der Waals surface area contributed by atoms with Crippen LogP contribution in [0.4, 0.5) is 11.4 Å². The highest BCUT2D eigenvalue weighted by atomic mass is 35.5. The van der Waals surface area contributed by atoms with Crippen LogP contribution < -0.4 is 0 Å². The highest BCUT2D eigenvalue weighted by molar-refractivity contribution is 6.30. The maximum absolute atomic E-state index is 11.0. The third kappa shape index (κ3) is 2.69. The van der Waals surface area contributed by atoms with E-state index in [1.807, 2.05) is 0 Å². The molecule has 6 nitrogen and oxygen atoms in total. The zero-order valence-electron chi connectivity index (χ0n) is 9.45. The van der Waals surface area contributed by atoms with Crippen LogP contribution in [-0.4, -0.2) is 9.85 Å². The summed E-state index contributed by atoms with van der Waals surface area (Å²) in [7, 11) is 0. The van der Waals surface area contributed by atoms with Gasteiger partial charge in [0.2, 0.25) is 0 Å². The lowest BCUT2D eigenvalue weighted by Gasteiger charge is -2.03. The molecule has 7 heteroatoms. The van der Waals surface area contributed by atoms with Gasteiger partial charge in [-0.15, -0.1) is 0 Å². The minimum Gasteiger partial charge on any atom is -0.258 e. The Bertz CT molecular complexity index is 673. The molecule has 0 saturated heterocycles. The van der Waals surface area contributed by atoms with E-state index in [4.69, 9.17) is 11.6 Å². The standard InChI is InChI=1S/C12H7ClN2O4/c13-9-3-1-2-8(6-9)11-5-4-10(14(16)17)7-12(11)15(18)19/h1-7H. The van der Waals surface area contributed by atoms with Crippen LogP contribution >= 0.6 is 11.6 Å². The van der Waals surface area contributed by atoms with Crippen LogP contribution in [0.25, 0.3) is 11.1 Å². The topological polar surface area (TPSA) is 86.3 Å². The number of halogens is 1. The first-order chi connectivity index (χ1) is 8.99. The van der Waals surface area contributed by atoms with Gasteiger partial charge in [-0.3, -0.25) is 20.2 Å². The van der Waals surface area contributed by atoms with Gasteiger partial charge in [0.15, 0.2) is 0 Å². The number of hydrogen-bond donors (Lipinski definition) is 0. The molecule has 0 spiro atoms. The van der Waals surface area contributed by atoms with Crippen molar-refractivity contribution in [1.82, 2.24) is 0 Å². The van der Waals surface area contributed by atoms with Crippen LogP contribution in [0.15, 0.2) is 42.5 Å². The SMILES string of the molecule is O=[N+]([O-])c1ccc(-c2cccc(Cl)c2)c([N+](=O)[O-])c1. The molecule has 2 aromatic carbocycles. The molecule has 0 amide bonds. The summed E-state index contributed by atoms with van der Waals surface area (Å²) in [5, 5.41) is 22.1. The van der Waals surface area contributed by atoms with Gasteiger partial charge >= 0.3 is 0 Å². The van der Waals surface area contributed by atoms with E-state index in [9.17, 15) is 20.2 Å². The maximum atomic E-state index is 11.0. The van der Waals surface area contributed by atoms with Gasteiger partial charge in [-0.05, 0) is 23.8 Å². The van der Waals surface area contributed by atoms with Crippen molar-refractivity contribution in [3.05, 3.63) is 67.7 Å². The van der Waals surface area contributed by atoms with E-state index < -0.39 is 9.85 Å². The zero-order valence-corrected chi connectivity index (χ0v) is 10.2. The molecule has 2 aromatic rings. The van der Waals surface area contributed by atoms with Crippen molar-refractivity contribution in [2.45, 2.75) is 0 Å². The second-order valence-electron chi connectivity index (χ2n) is 3.73. The number of benzene rings is 2. The molecule has 19 heavy (non-hydrogen) atoms. The predicted molar refractivity (Wildman–Crippen MR) is 70.2 cm³/mol. The zero-order chi connectivity index (χ0) is 14.0. The Labute approximate surface area is 112 Å². The molecule has 0 radical (unpaired) electrons. The van der Waals surface area contributed by atoms with Crippen molar-refractivity contribution in [3.63, 3.8) is 0 Å². The van der Waals surface area contributed by atoms with Crippen LogP contribution in [0.1, 0.15) is 0 Å². The van der Waals surface area contributed by atoms with Crippen molar-refractivity contribution < 1.29 is 9.85 Å². The molecule has 0 atom stereocenters. The first kappa shape index (κ1) is 13.0. The van der Waals surface area contributed by atoms with E-state index in [0.717, 1.165) is 6.07 Å². The van der Waals surface area contributed by atoms with E-state index in [0.29, 0.717) is 10.6 Å². The van der Waals surface area contributed by atoms with Crippen LogP contribution in [-0.2, 0) is 0 Å². The molecular weight excluding hydrogens is 272 g/mol. The molecule has 0 aromatic heterocycles. The van der Waals surface area contributed by atoms with Crippen molar-refractivity contribution in [2.75, 3.05) is 0 Å². The Hall–Kier alpha value is -2.47. The Kier molecular flexibility index (Phi) is 3.43. The van der Waals surface area contributed by atoms with Crippen LogP contribution in [0.3, 0.4) is 0 Å². The van der Waals surface area contributed by atoms with Crippen LogP contribution in [0.5, 0.6) is 0 Å². The highest BCUT2D eigenvalue weighted by Gasteiger charge is 2.20. The monoisotopic (exact) mass is 278 g/mol. The molecular formula is C12H7ClN2O4. The average Bonchev–Trinajstić information content (AvgIpc) is 2.37. The lowest BCUT2D eigenvalue weighted by atomic mass is 10.0. The highest BCUT2D eigenvalue weighted by Crippen LogP contribution is 2.33. The fourth-order valence-electron chi connectivity index (χ4n) is 1.68. The molecule has 0 aliphatic heterocycles. The summed E-state index contributed by atoms with van der Waals surface area (Å²) >= 11 is 5.83. The molecule has 0 aliphatic rings. The third-order valence-corrected chi connectivity index (χ3v) is 2.76. The first-order valence-electron chi connectivity index (χ1n) is 5.18. The number of nitro groups is 2. The van der Waals surface area contributed by atoms with Gasteiger partial charge in [0.1, 0.15) is 0 Å². The lowest BCUT2D eigenvalue weighted by molar-refractivity contribution is -0.393. The molecule has 96 valence electrons. The summed E-state index contributed by atoms with van der Waals surface area (Å²) < 4.78 is 0. The second kappa shape index (κ2) is 5.03. The largest absolute Gasteiger partial charge is 0.284 e. The molecule has 0 bridgehead atoms. The van der Waals surface area contributed by atoms with Gasteiger partial charge in [0.25, 0.3) is 11.4 Å². The van der Waals surface area contributed by atoms with Gasteiger partial charge in [-0.2, -0.15) is 0 Å². The summed E-state index contributed by atoms with van der Waals surface area (Å²) in [5.41, 5.74) is 0.182. The van der Waals surface area contributed by atoms with E-state index in [1.165, 1.54) is 12.1 Å². The minimum atomic E-state index is -0.672. The molecule has 0 N–H and O–H groups in total. The maximum Gasteiger partial charge on any atom is 0.284 e. The van der Waals surface area contributed by atoms with Gasteiger partial charge in [-0.1, -0.05) is 23.7 Å². The van der Waals surface area contributed by atoms with Crippen LogP contribution in [0.2, 0.25) is 5.02 Å².